The van der Waals surface area contributed by atoms with Crippen molar-refractivity contribution in [3.05, 3.63) is 0 Å². The van der Waals surface area contributed by atoms with Gasteiger partial charge in [0.2, 0.25) is 0 Å². The maximum atomic E-state index is 5.97. The van der Waals surface area contributed by atoms with Crippen LogP contribution in [0.1, 0.15) is 79.1 Å². The Kier molecular flexibility index (Phi) is 18.9. The van der Waals surface area contributed by atoms with E-state index in [0.717, 1.165) is 51.4 Å². The monoisotopic (exact) mass is 482 g/mol. The minimum atomic E-state index is -2.44. The van der Waals surface area contributed by atoms with Gasteiger partial charge < -0.3 is 18.1 Å². The molecule has 26 heavy (non-hydrogen) atoms. The molecule has 0 aromatic rings. The Morgan fingerprint density at radius 1 is 0.538 bits per heavy atom. The highest BCUT2D eigenvalue weighted by molar-refractivity contribution is 9.17. The summed E-state index contributed by atoms with van der Waals surface area (Å²) in [6, 6.07) is 0. The van der Waals surface area contributed by atoms with Gasteiger partial charge >= 0.3 is 0 Å². The van der Waals surface area contributed by atoms with E-state index < -0.39 is 11.4 Å². The highest BCUT2D eigenvalue weighted by Crippen LogP contribution is 2.77. The molecule has 0 atom stereocenters. The Morgan fingerprint density at radius 2 is 0.769 bits per heavy atom. The van der Waals surface area contributed by atoms with Crippen LogP contribution in [0.2, 0.25) is 0 Å². The number of unbranched alkanes of at least 4 members (excludes halogenated alkanes) is 4. The van der Waals surface area contributed by atoms with Crippen molar-refractivity contribution in [3.8, 4) is 0 Å². The summed E-state index contributed by atoms with van der Waals surface area (Å²) in [5.41, 5.74) is -4.88. The second-order valence-corrected chi connectivity index (χ2v) is 19.6. The smallest absolute Gasteiger partial charge is 0.258 e. The van der Waals surface area contributed by atoms with Crippen LogP contribution < -0.4 is 0 Å². The lowest BCUT2D eigenvalue weighted by molar-refractivity contribution is 0.252. The lowest BCUT2D eigenvalue weighted by Gasteiger charge is -2.25. The fourth-order valence-corrected chi connectivity index (χ4v) is 18.1. The van der Waals surface area contributed by atoms with Gasteiger partial charge in [-0.15, -0.1) is 0 Å². The van der Waals surface area contributed by atoms with Gasteiger partial charge in [-0.1, -0.05) is 53.4 Å². The molecule has 0 spiro atoms. The third kappa shape index (κ3) is 14.8. The molecule has 0 aromatic carbocycles. The predicted molar refractivity (Wildman–Crippen MR) is 127 cm³/mol. The minimum absolute atomic E-state index is 0.629. The van der Waals surface area contributed by atoms with Gasteiger partial charge in [-0.25, -0.2) is 0 Å². The molecule has 0 N–H and O–H groups in total. The van der Waals surface area contributed by atoms with E-state index in [0.29, 0.717) is 26.4 Å². The van der Waals surface area contributed by atoms with Crippen molar-refractivity contribution in [2.24, 2.45) is 0 Å². The standard InChI is InChI=1S/C16H36O4P2S4/c1-5-9-13-17-21(23,18-14-10-6-2)25-26-22(24,19-15-11-7-3)20-16-12-8-4/h5-16H2,1-4H3. The summed E-state index contributed by atoms with van der Waals surface area (Å²) in [5.74, 6) is 0. The van der Waals surface area contributed by atoms with Gasteiger partial charge in [0.1, 0.15) is 0 Å². The summed E-state index contributed by atoms with van der Waals surface area (Å²) in [7, 11) is 2.88. The molecular formula is C16H36O4P2S4. The average Bonchev–Trinajstić information content (AvgIpc) is 2.61. The Labute approximate surface area is 178 Å². The summed E-state index contributed by atoms with van der Waals surface area (Å²) < 4.78 is 23.9. The Morgan fingerprint density at radius 3 is 0.962 bits per heavy atom. The zero-order chi connectivity index (χ0) is 19.7. The van der Waals surface area contributed by atoms with E-state index in [9.17, 15) is 0 Å². The first kappa shape index (κ1) is 27.8. The first-order chi connectivity index (χ1) is 12.4. The van der Waals surface area contributed by atoms with E-state index in [1.807, 2.05) is 0 Å². The van der Waals surface area contributed by atoms with Crippen LogP contribution in [0.15, 0.2) is 0 Å². The molecule has 0 aliphatic heterocycles. The fraction of sp³-hybridized carbons (Fsp3) is 1.00. The Balaban J connectivity index is 4.80. The lowest BCUT2D eigenvalue weighted by atomic mass is 10.4. The van der Waals surface area contributed by atoms with Crippen LogP contribution >= 0.6 is 32.2 Å². The maximum Gasteiger partial charge on any atom is 0.258 e. The summed E-state index contributed by atoms with van der Waals surface area (Å²) >= 11 is 11.5. The van der Waals surface area contributed by atoms with Crippen molar-refractivity contribution in [3.63, 3.8) is 0 Å². The molecule has 0 aromatic heterocycles. The molecule has 0 radical (unpaired) electrons. The third-order valence-corrected chi connectivity index (χ3v) is 18.4. The fourth-order valence-electron chi connectivity index (χ4n) is 1.53. The molecule has 0 fully saturated rings. The molecule has 0 rings (SSSR count). The van der Waals surface area contributed by atoms with Crippen molar-refractivity contribution in [1.82, 2.24) is 0 Å². The minimum Gasteiger partial charge on any atom is -0.321 e. The summed E-state index contributed by atoms with van der Waals surface area (Å²) in [6.07, 6.45) is 8.20. The van der Waals surface area contributed by atoms with Crippen molar-refractivity contribution < 1.29 is 18.1 Å². The topological polar surface area (TPSA) is 36.9 Å². The summed E-state index contributed by atoms with van der Waals surface area (Å²) in [6.45, 7) is 11.1. The molecule has 0 amide bonds. The predicted octanol–water partition coefficient (Wildman–Crippen LogP) is 8.08. The maximum absolute atomic E-state index is 5.97. The van der Waals surface area contributed by atoms with E-state index >= 15 is 0 Å². The van der Waals surface area contributed by atoms with E-state index in [4.69, 9.17) is 41.7 Å². The summed E-state index contributed by atoms with van der Waals surface area (Å²) in [5, 5.41) is 0. The van der Waals surface area contributed by atoms with Gasteiger partial charge in [-0.05, 0) is 49.3 Å². The molecule has 0 heterocycles. The first-order valence-electron chi connectivity index (χ1n) is 9.61. The number of hydrogen-bond donors (Lipinski definition) is 0. The molecule has 0 saturated heterocycles. The molecule has 0 saturated carbocycles. The van der Waals surface area contributed by atoms with Gasteiger partial charge in [-0.3, -0.25) is 0 Å². The normalized spacial score (nSPS) is 12.6. The molecule has 10 heteroatoms. The molecular weight excluding hydrogens is 446 g/mol. The molecule has 0 aliphatic carbocycles. The van der Waals surface area contributed by atoms with Crippen molar-refractivity contribution in [2.45, 2.75) is 79.1 Å². The molecule has 4 nitrogen and oxygen atoms in total. The van der Waals surface area contributed by atoms with Gasteiger partial charge in [0.25, 0.3) is 11.4 Å². The van der Waals surface area contributed by atoms with Crippen LogP contribution in [0.3, 0.4) is 0 Å². The van der Waals surface area contributed by atoms with Crippen LogP contribution in [-0.2, 0) is 41.7 Å². The zero-order valence-corrected chi connectivity index (χ0v) is 21.7. The van der Waals surface area contributed by atoms with Crippen LogP contribution in [0.25, 0.3) is 0 Å². The van der Waals surface area contributed by atoms with Crippen LogP contribution in [0, 0.1) is 0 Å². The van der Waals surface area contributed by atoms with E-state index in [-0.39, 0.29) is 0 Å². The van der Waals surface area contributed by atoms with Gasteiger partial charge in [0.15, 0.2) is 0 Å². The Hall–Kier alpha value is 1.84. The van der Waals surface area contributed by atoms with Gasteiger partial charge in [-0.2, -0.15) is 0 Å². The van der Waals surface area contributed by atoms with Crippen LogP contribution in [0.4, 0.5) is 0 Å². The third-order valence-electron chi connectivity index (χ3n) is 3.21. The number of rotatable bonds is 19. The summed E-state index contributed by atoms with van der Waals surface area (Å²) in [4.78, 5) is 0. The Bertz CT molecular complexity index is 361. The van der Waals surface area contributed by atoms with Gasteiger partial charge in [0.05, 0.1) is 26.4 Å². The highest BCUT2D eigenvalue weighted by atomic mass is 33.5. The molecule has 0 aliphatic rings. The van der Waals surface area contributed by atoms with E-state index in [2.05, 4.69) is 27.7 Å². The second-order valence-electron chi connectivity index (χ2n) is 5.79. The average molecular weight is 483 g/mol. The number of hydrogen-bond acceptors (Lipinski definition) is 8. The highest BCUT2D eigenvalue weighted by Gasteiger charge is 2.28. The molecule has 158 valence electrons. The van der Waals surface area contributed by atoms with Crippen LogP contribution in [0.5, 0.6) is 0 Å². The molecule has 0 bridgehead atoms. The zero-order valence-electron chi connectivity index (χ0n) is 16.6. The van der Waals surface area contributed by atoms with Crippen molar-refractivity contribution in [1.29, 1.82) is 0 Å². The lowest BCUT2D eigenvalue weighted by Crippen LogP contribution is -1.98. The molecule has 0 unspecified atom stereocenters. The van der Waals surface area contributed by atoms with Gasteiger partial charge in [0, 0.05) is 20.8 Å². The van der Waals surface area contributed by atoms with E-state index in [1.54, 1.807) is 0 Å². The van der Waals surface area contributed by atoms with E-state index in [1.165, 1.54) is 20.8 Å². The van der Waals surface area contributed by atoms with Crippen molar-refractivity contribution >= 4 is 55.8 Å². The largest absolute Gasteiger partial charge is 0.321 e. The first-order valence-corrected chi connectivity index (χ1v) is 18.2. The van der Waals surface area contributed by atoms with Crippen LogP contribution in [-0.4, -0.2) is 26.4 Å². The van der Waals surface area contributed by atoms with Crippen molar-refractivity contribution in [2.75, 3.05) is 26.4 Å². The quantitative estimate of drug-likeness (QED) is 0.104. The second kappa shape index (κ2) is 17.7. The SMILES string of the molecule is CCCCOP(=S)(OCCCC)SSP(=S)(OCCCC)OCCCC.